The fraction of sp³-hybridized carbons (Fsp3) is 1.00. The van der Waals surface area contributed by atoms with Crippen molar-refractivity contribution in [1.29, 1.82) is 0 Å². The van der Waals surface area contributed by atoms with Gasteiger partial charge in [-0.05, 0) is 13.0 Å². The highest BCUT2D eigenvalue weighted by molar-refractivity contribution is 4.43. The maximum atomic E-state index is 5.14. The summed E-state index contributed by atoms with van der Waals surface area (Å²) in [6, 6.07) is 0. The van der Waals surface area contributed by atoms with E-state index in [0.29, 0.717) is 0 Å². The molecule has 0 atom stereocenters. The summed E-state index contributed by atoms with van der Waals surface area (Å²) in [6.07, 6.45) is 13.8. The summed E-state index contributed by atoms with van der Waals surface area (Å²) in [4.78, 5) is 0. The molecule has 2 N–H and O–H groups in total. The normalized spacial score (nSPS) is 9.60. The minimum Gasteiger partial charge on any atom is -0.330 e. The van der Waals surface area contributed by atoms with Gasteiger partial charge in [-0.25, -0.2) is 0 Å². The van der Waals surface area contributed by atoms with Crippen LogP contribution in [0.25, 0.3) is 0 Å². The molecule has 0 fully saturated rings. The molecule has 0 aliphatic heterocycles. The zero-order valence-electron chi connectivity index (χ0n) is 11.4. The van der Waals surface area contributed by atoms with E-state index in [2.05, 4.69) is 20.8 Å². The number of unbranched alkanes of at least 4 members (excludes halogenated alkanes) is 8. The Balaban J connectivity index is 0. The number of hydrogen-bond acceptors (Lipinski definition) is 1. The SMILES string of the molecule is CCCCCCCCCC.CCCCN. The Morgan fingerprint density at radius 1 is 0.533 bits per heavy atom. The molecule has 0 bridgehead atoms. The average Bonchev–Trinajstić information content (AvgIpc) is 2.25. The lowest BCUT2D eigenvalue weighted by molar-refractivity contribution is 0.585. The Hall–Kier alpha value is -0.0400. The minimum atomic E-state index is 0.844. The van der Waals surface area contributed by atoms with Crippen molar-refractivity contribution < 1.29 is 0 Å². The summed E-state index contributed by atoms with van der Waals surface area (Å²) in [7, 11) is 0. The molecular formula is C14H33N. The van der Waals surface area contributed by atoms with Crippen molar-refractivity contribution in [2.45, 2.75) is 85.0 Å². The van der Waals surface area contributed by atoms with Crippen molar-refractivity contribution >= 4 is 0 Å². The molecule has 0 aliphatic rings. The van der Waals surface area contributed by atoms with Gasteiger partial charge >= 0.3 is 0 Å². The van der Waals surface area contributed by atoms with Gasteiger partial charge < -0.3 is 5.73 Å². The van der Waals surface area contributed by atoms with E-state index in [1.54, 1.807) is 0 Å². The molecule has 0 radical (unpaired) electrons. The van der Waals surface area contributed by atoms with E-state index in [0.717, 1.165) is 6.54 Å². The van der Waals surface area contributed by atoms with Crippen LogP contribution in [0.1, 0.15) is 85.0 Å². The Bertz CT molecular complexity index is 71.4. The van der Waals surface area contributed by atoms with E-state index in [1.807, 2.05) is 0 Å². The van der Waals surface area contributed by atoms with Gasteiger partial charge in [-0.3, -0.25) is 0 Å². The van der Waals surface area contributed by atoms with Crippen LogP contribution in [0.3, 0.4) is 0 Å². The predicted molar refractivity (Wildman–Crippen MR) is 72.2 cm³/mol. The van der Waals surface area contributed by atoms with Gasteiger partial charge in [0, 0.05) is 0 Å². The molecular weight excluding hydrogens is 182 g/mol. The van der Waals surface area contributed by atoms with Crippen LogP contribution in [0.2, 0.25) is 0 Å². The van der Waals surface area contributed by atoms with E-state index in [9.17, 15) is 0 Å². The minimum absolute atomic E-state index is 0.844. The highest BCUT2D eigenvalue weighted by Crippen LogP contribution is 2.07. The second kappa shape index (κ2) is 19.5. The lowest BCUT2D eigenvalue weighted by Gasteiger charge is -1.97. The van der Waals surface area contributed by atoms with Gasteiger partial charge in [-0.1, -0.05) is 78.6 Å². The van der Waals surface area contributed by atoms with Gasteiger partial charge in [-0.2, -0.15) is 0 Å². The van der Waals surface area contributed by atoms with Gasteiger partial charge in [-0.15, -0.1) is 0 Å². The summed E-state index contributed by atoms with van der Waals surface area (Å²) >= 11 is 0. The van der Waals surface area contributed by atoms with Gasteiger partial charge in [0.05, 0.1) is 0 Å². The van der Waals surface area contributed by atoms with Gasteiger partial charge in [0.1, 0.15) is 0 Å². The van der Waals surface area contributed by atoms with Crippen LogP contribution in [0.4, 0.5) is 0 Å². The summed E-state index contributed by atoms with van der Waals surface area (Å²) in [5.41, 5.74) is 5.14. The van der Waals surface area contributed by atoms with E-state index in [-0.39, 0.29) is 0 Å². The summed E-state index contributed by atoms with van der Waals surface area (Å²) in [5, 5.41) is 0. The fourth-order valence-corrected chi connectivity index (χ4v) is 1.41. The van der Waals surface area contributed by atoms with Crippen LogP contribution < -0.4 is 5.73 Å². The van der Waals surface area contributed by atoms with Crippen molar-refractivity contribution in [3.63, 3.8) is 0 Å². The lowest BCUT2D eigenvalue weighted by Crippen LogP contribution is -1.95. The first-order valence-corrected chi connectivity index (χ1v) is 7.03. The zero-order chi connectivity index (χ0) is 11.8. The summed E-state index contributed by atoms with van der Waals surface area (Å²) in [6.45, 7) is 7.52. The molecule has 0 spiro atoms. The van der Waals surface area contributed by atoms with Crippen LogP contribution in [-0.4, -0.2) is 6.54 Å². The molecule has 0 aromatic carbocycles. The van der Waals surface area contributed by atoms with E-state index < -0.39 is 0 Å². The summed E-state index contributed by atoms with van der Waals surface area (Å²) in [5.74, 6) is 0. The Kier molecular flexibility index (Phi) is 22.6. The van der Waals surface area contributed by atoms with Crippen molar-refractivity contribution in [2.24, 2.45) is 5.73 Å². The third-order valence-electron chi connectivity index (χ3n) is 2.51. The molecule has 0 saturated heterocycles. The van der Waals surface area contributed by atoms with Crippen molar-refractivity contribution in [3.8, 4) is 0 Å². The number of hydrogen-bond donors (Lipinski definition) is 1. The quantitative estimate of drug-likeness (QED) is 0.544. The van der Waals surface area contributed by atoms with E-state index in [1.165, 1.54) is 64.2 Å². The first-order valence-electron chi connectivity index (χ1n) is 7.03. The molecule has 1 heteroatoms. The largest absolute Gasteiger partial charge is 0.330 e. The van der Waals surface area contributed by atoms with Crippen molar-refractivity contribution in [3.05, 3.63) is 0 Å². The van der Waals surface area contributed by atoms with E-state index >= 15 is 0 Å². The lowest BCUT2D eigenvalue weighted by atomic mass is 10.1. The third-order valence-corrected chi connectivity index (χ3v) is 2.51. The Morgan fingerprint density at radius 2 is 0.867 bits per heavy atom. The topological polar surface area (TPSA) is 26.0 Å². The highest BCUT2D eigenvalue weighted by Gasteiger charge is 1.87. The average molecular weight is 215 g/mol. The van der Waals surface area contributed by atoms with Crippen molar-refractivity contribution in [1.82, 2.24) is 0 Å². The van der Waals surface area contributed by atoms with E-state index in [4.69, 9.17) is 5.73 Å². The molecule has 15 heavy (non-hydrogen) atoms. The first-order chi connectivity index (χ1) is 7.33. The predicted octanol–water partition coefficient (Wildman–Crippen LogP) is 4.89. The zero-order valence-corrected chi connectivity index (χ0v) is 11.4. The molecule has 94 valence electrons. The standard InChI is InChI=1S/C10H22.C4H11N/c1-3-5-7-9-10-8-6-4-2;1-2-3-4-5/h3-10H2,1-2H3;2-5H2,1H3. The van der Waals surface area contributed by atoms with Crippen LogP contribution in [0, 0.1) is 0 Å². The molecule has 0 unspecified atom stereocenters. The molecule has 0 saturated carbocycles. The molecule has 0 aromatic rings. The monoisotopic (exact) mass is 215 g/mol. The van der Waals surface area contributed by atoms with Crippen LogP contribution in [0.15, 0.2) is 0 Å². The Morgan fingerprint density at radius 3 is 1.07 bits per heavy atom. The summed E-state index contributed by atoms with van der Waals surface area (Å²) < 4.78 is 0. The smallest absolute Gasteiger partial charge is 0.00774 e. The number of rotatable bonds is 9. The maximum Gasteiger partial charge on any atom is -0.00774 e. The molecule has 0 aromatic heterocycles. The molecule has 0 aliphatic carbocycles. The van der Waals surface area contributed by atoms with Crippen LogP contribution in [-0.2, 0) is 0 Å². The molecule has 0 heterocycles. The second-order valence-electron chi connectivity index (χ2n) is 4.26. The fourth-order valence-electron chi connectivity index (χ4n) is 1.41. The third kappa shape index (κ3) is 24.9. The van der Waals surface area contributed by atoms with Crippen molar-refractivity contribution in [2.75, 3.05) is 6.54 Å². The van der Waals surface area contributed by atoms with Crippen LogP contribution >= 0.6 is 0 Å². The second-order valence-corrected chi connectivity index (χ2v) is 4.26. The molecule has 1 nitrogen and oxygen atoms in total. The van der Waals surface area contributed by atoms with Crippen LogP contribution in [0.5, 0.6) is 0 Å². The maximum absolute atomic E-state index is 5.14. The Labute approximate surface area is 97.8 Å². The number of nitrogens with two attached hydrogens (primary N) is 1. The first kappa shape index (κ1) is 17.4. The van der Waals surface area contributed by atoms with Gasteiger partial charge in [0.15, 0.2) is 0 Å². The molecule has 0 amide bonds. The van der Waals surface area contributed by atoms with Gasteiger partial charge in [0.2, 0.25) is 0 Å². The highest BCUT2D eigenvalue weighted by atomic mass is 14.5. The van der Waals surface area contributed by atoms with Gasteiger partial charge in [0.25, 0.3) is 0 Å². The molecule has 0 rings (SSSR count).